The predicted octanol–water partition coefficient (Wildman–Crippen LogP) is 4.76. The van der Waals surface area contributed by atoms with Crippen molar-refractivity contribution in [2.24, 2.45) is 0 Å². The van der Waals surface area contributed by atoms with E-state index in [1.165, 1.54) is 29.5 Å². The molecule has 0 radical (unpaired) electrons. The van der Waals surface area contributed by atoms with Crippen LogP contribution in [0, 0.1) is 13.8 Å². The van der Waals surface area contributed by atoms with Gasteiger partial charge in [0.2, 0.25) is 5.28 Å². The van der Waals surface area contributed by atoms with Gasteiger partial charge in [0.05, 0.1) is 24.5 Å². The topological polar surface area (TPSA) is 68.3 Å². The number of aryl methyl sites for hydroxylation is 2. The lowest BCUT2D eigenvalue weighted by Crippen LogP contribution is -2.17. The summed E-state index contributed by atoms with van der Waals surface area (Å²) in [5, 5.41) is 0.261. The van der Waals surface area contributed by atoms with Crippen LogP contribution in [0.4, 0.5) is 11.5 Å². The number of aromatic nitrogens is 2. The Bertz CT molecular complexity index is 813. The predicted molar refractivity (Wildman–Crippen MR) is 102 cm³/mol. The standard InChI is InChI=1S/C18H20Cl2N4O2/c1-9-7-12(11-3-4-11)8-10(2)14(9)23-24-16-13(17-25-5-6-26-17)15(19)21-18(20)22-16/h7-8,11,17,23H,3-6H2,1-2H3,(H,21,22,24). The Morgan fingerprint density at radius 1 is 1.00 bits per heavy atom. The first-order chi connectivity index (χ1) is 12.5. The molecule has 138 valence electrons. The minimum absolute atomic E-state index is 0.0542. The van der Waals surface area contributed by atoms with Gasteiger partial charge in [-0.05, 0) is 60.9 Å². The van der Waals surface area contributed by atoms with Gasteiger partial charge in [0.1, 0.15) is 5.15 Å². The summed E-state index contributed by atoms with van der Waals surface area (Å²) in [5.41, 5.74) is 11.6. The van der Waals surface area contributed by atoms with E-state index in [-0.39, 0.29) is 10.4 Å². The summed E-state index contributed by atoms with van der Waals surface area (Å²) >= 11 is 12.2. The molecule has 2 heterocycles. The van der Waals surface area contributed by atoms with Gasteiger partial charge in [-0.2, -0.15) is 4.98 Å². The van der Waals surface area contributed by atoms with Crippen molar-refractivity contribution >= 4 is 34.7 Å². The number of anilines is 2. The number of nitrogens with one attached hydrogen (secondary N) is 2. The third-order valence-corrected chi connectivity index (χ3v) is 5.10. The first-order valence-electron chi connectivity index (χ1n) is 8.62. The first kappa shape index (κ1) is 17.8. The second-order valence-electron chi connectivity index (χ2n) is 6.67. The van der Waals surface area contributed by atoms with Crippen LogP contribution in [-0.2, 0) is 9.47 Å². The van der Waals surface area contributed by atoms with Crippen LogP contribution in [0.1, 0.15) is 47.3 Å². The van der Waals surface area contributed by atoms with Gasteiger partial charge < -0.3 is 9.47 Å². The highest BCUT2D eigenvalue weighted by Gasteiger charge is 2.27. The van der Waals surface area contributed by atoms with Gasteiger partial charge in [-0.25, -0.2) is 4.98 Å². The van der Waals surface area contributed by atoms with Crippen LogP contribution in [0.25, 0.3) is 0 Å². The summed E-state index contributed by atoms with van der Waals surface area (Å²) in [7, 11) is 0. The van der Waals surface area contributed by atoms with E-state index in [1.807, 2.05) is 0 Å². The van der Waals surface area contributed by atoms with Gasteiger partial charge in [0.25, 0.3) is 0 Å². The summed E-state index contributed by atoms with van der Waals surface area (Å²) < 4.78 is 11.1. The highest BCUT2D eigenvalue weighted by Crippen LogP contribution is 2.42. The molecule has 0 bridgehead atoms. The summed E-state index contributed by atoms with van der Waals surface area (Å²) in [6.45, 7) is 5.18. The Morgan fingerprint density at radius 2 is 1.65 bits per heavy atom. The Kier molecular flexibility index (Phi) is 4.92. The molecule has 1 aliphatic carbocycles. The van der Waals surface area contributed by atoms with Crippen LogP contribution >= 0.6 is 23.2 Å². The number of rotatable bonds is 5. The normalized spacial score (nSPS) is 17.5. The zero-order valence-corrected chi connectivity index (χ0v) is 16.1. The van der Waals surface area contributed by atoms with Crippen LogP contribution in [0.2, 0.25) is 10.4 Å². The second kappa shape index (κ2) is 7.19. The molecular weight excluding hydrogens is 375 g/mol. The van der Waals surface area contributed by atoms with E-state index in [2.05, 4.69) is 46.8 Å². The fourth-order valence-electron chi connectivity index (χ4n) is 3.21. The molecule has 8 heteroatoms. The Hall–Kier alpha value is -1.60. The fourth-order valence-corrected chi connectivity index (χ4v) is 3.68. The Morgan fingerprint density at radius 3 is 2.27 bits per heavy atom. The van der Waals surface area contributed by atoms with Gasteiger partial charge in [0, 0.05) is 0 Å². The Labute approximate surface area is 162 Å². The number of hydrazine groups is 1. The third kappa shape index (κ3) is 3.60. The molecule has 1 saturated heterocycles. The number of hydrogen-bond acceptors (Lipinski definition) is 6. The lowest BCUT2D eigenvalue weighted by Gasteiger charge is -2.19. The average molecular weight is 395 g/mol. The lowest BCUT2D eigenvalue weighted by molar-refractivity contribution is -0.0439. The van der Waals surface area contributed by atoms with Gasteiger partial charge in [-0.3, -0.25) is 10.9 Å². The number of hydrogen-bond donors (Lipinski definition) is 2. The van der Waals surface area contributed by atoms with Crippen LogP contribution in [0.5, 0.6) is 0 Å². The van der Waals surface area contributed by atoms with E-state index in [4.69, 9.17) is 32.7 Å². The second-order valence-corrected chi connectivity index (χ2v) is 7.37. The van der Waals surface area contributed by atoms with Crippen molar-refractivity contribution in [1.82, 2.24) is 9.97 Å². The number of nitrogens with zero attached hydrogens (tertiary/aromatic N) is 2. The molecule has 26 heavy (non-hydrogen) atoms. The minimum atomic E-state index is -0.608. The summed E-state index contributed by atoms with van der Waals surface area (Å²) in [5.74, 6) is 1.16. The molecule has 2 fully saturated rings. The zero-order valence-electron chi connectivity index (χ0n) is 14.6. The smallest absolute Gasteiger partial charge is 0.225 e. The third-order valence-electron chi connectivity index (χ3n) is 4.64. The fraction of sp³-hybridized carbons (Fsp3) is 0.444. The van der Waals surface area contributed by atoms with E-state index in [9.17, 15) is 0 Å². The molecule has 1 aliphatic heterocycles. The first-order valence-corrected chi connectivity index (χ1v) is 9.38. The minimum Gasteiger partial charge on any atom is -0.346 e. The summed E-state index contributed by atoms with van der Waals surface area (Å²) in [6, 6.07) is 4.47. The molecule has 2 N–H and O–H groups in total. The number of benzene rings is 1. The molecule has 2 aliphatic rings. The highest BCUT2D eigenvalue weighted by molar-refractivity contribution is 6.32. The highest BCUT2D eigenvalue weighted by atomic mass is 35.5. The quantitative estimate of drug-likeness (QED) is 0.432. The van der Waals surface area contributed by atoms with Gasteiger partial charge in [0.15, 0.2) is 12.1 Å². The maximum absolute atomic E-state index is 6.26. The molecule has 0 spiro atoms. The van der Waals surface area contributed by atoms with Crippen molar-refractivity contribution in [3.8, 4) is 0 Å². The maximum Gasteiger partial charge on any atom is 0.225 e. The molecule has 0 atom stereocenters. The van der Waals surface area contributed by atoms with Gasteiger partial charge in [-0.15, -0.1) is 0 Å². The van der Waals surface area contributed by atoms with E-state index in [1.54, 1.807) is 0 Å². The molecule has 4 rings (SSSR count). The van der Waals surface area contributed by atoms with E-state index < -0.39 is 6.29 Å². The van der Waals surface area contributed by atoms with Crippen molar-refractivity contribution in [3.63, 3.8) is 0 Å². The van der Waals surface area contributed by atoms with Crippen LogP contribution < -0.4 is 10.9 Å². The zero-order chi connectivity index (χ0) is 18.3. The van der Waals surface area contributed by atoms with Crippen molar-refractivity contribution in [2.45, 2.75) is 38.9 Å². The van der Waals surface area contributed by atoms with Crippen molar-refractivity contribution < 1.29 is 9.47 Å². The van der Waals surface area contributed by atoms with E-state index >= 15 is 0 Å². The molecule has 2 aromatic rings. The molecule has 0 unspecified atom stereocenters. The monoisotopic (exact) mass is 394 g/mol. The molecule has 1 aromatic carbocycles. The van der Waals surface area contributed by atoms with E-state index in [0.29, 0.717) is 24.6 Å². The van der Waals surface area contributed by atoms with Crippen LogP contribution in [0.3, 0.4) is 0 Å². The largest absolute Gasteiger partial charge is 0.346 e. The van der Waals surface area contributed by atoms with Gasteiger partial charge >= 0.3 is 0 Å². The van der Waals surface area contributed by atoms with Gasteiger partial charge in [-0.1, -0.05) is 23.7 Å². The maximum atomic E-state index is 6.26. The van der Waals surface area contributed by atoms with Crippen molar-refractivity contribution in [2.75, 3.05) is 24.1 Å². The lowest BCUT2D eigenvalue weighted by atomic mass is 10.0. The molecule has 1 aromatic heterocycles. The average Bonchev–Trinajstić information content (AvgIpc) is 3.30. The van der Waals surface area contributed by atoms with Crippen LogP contribution in [0.15, 0.2) is 12.1 Å². The molecule has 1 saturated carbocycles. The SMILES string of the molecule is Cc1cc(C2CC2)cc(C)c1NNc1nc(Cl)nc(Cl)c1C1OCCO1. The molecule has 6 nitrogen and oxygen atoms in total. The van der Waals surface area contributed by atoms with Crippen molar-refractivity contribution in [3.05, 3.63) is 44.8 Å². The van der Waals surface area contributed by atoms with Crippen molar-refractivity contribution in [1.29, 1.82) is 0 Å². The molecule has 0 amide bonds. The number of halogens is 2. The van der Waals surface area contributed by atoms with Crippen LogP contribution in [-0.4, -0.2) is 23.2 Å². The number of ether oxygens (including phenoxy) is 2. The van der Waals surface area contributed by atoms with E-state index in [0.717, 1.165) is 11.6 Å². The molecular formula is C18H20Cl2N4O2. The summed E-state index contributed by atoms with van der Waals surface area (Å²) in [4.78, 5) is 8.24. The Balaban J connectivity index is 1.60. The summed E-state index contributed by atoms with van der Waals surface area (Å²) in [6.07, 6.45) is 1.96.